The van der Waals surface area contributed by atoms with Gasteiger partial charge in [-0.25, -0.2) is 0 Å². The van der Waals surface area contributed by atoms with Gasteiger partial charge in [-0.3, -0.25) is 19.6 Å². The van der Waals surface area contributed by atoms with Crippen LogP contribution in [0.1, 0.15) is 42.1 Å². The molecule has 1 N–H and O–H groups in total. The Balaban J connectivity index is 1.46. The number of benzene rings is 2. The van der Waals surface area contributed by atoms with Gasteiger partial charge >= 0.3 is 6.18 Å². The molecule has 1 aliphatic carbocycles. The summed E-state index contributed by atoms with van der Waals surface area (Å²) < 4.78 is 40.4. The highest BCUT2D eigenvalue weighted by Gasteiger charge is 2.37. The molecule has 0 bridgehead atoms. The fraction of sp³-hybridized carbons (Fsp3) is 0.304. The maximum absolute atomic E-state index is 13.1. The zero-order valence-electron chi connectivity index (χ0n) is 18.1. The zero-order valence-corrected chi connectivity index (χ0v) is 18.9. The summed E-state index contributed by atoms with van der Waals surface area (Å²) in [5, 5.41) is 17.6. The Morgan fingerprint density at radius 1 is 1.18 bits per heavy atom. The maximum Gasteiger partial charge on any atom is 0.435 e. The Morgan fingerprint density at radius 2 is 1.88 bits per heavy atom. The van der Waals surface area contributed by atoms with Gasteiger partial charge in [0.15, 0.2) is 5.69 Å². The summed E-state index contributed by atoms with van der Waals surface area (Å²) >= 11 is 1.32. The van der Waals surface area contributed by atoms with Crippen molar-refractivity contribution < 1.29 is 22.9 Å². The molecule has 34 heavy (non-hydrogen) atoms. The normalized spacial score (nSPS) is 13.6. The summed E-state index contributed by atoms with van der Waals surface area (Å²) in [5.41, 5.74) is 0.664. The molecule has 1 heterocycles. The number of nitrogens with zero attached hydrogens (tertiary/aromatic N) is 3. The quantitative estimate of drug-likeness (QED) is 0.301. The topological polar surface area (TPSA) is 90.1 Å². The van der Waals surface area contributed by atoms with Crippen LogP contribution in [-0.2, 0) is 17.5 Å². The monoisotopic (exact) mass is 490 g/mol. The molecule has 0 aliphatic heterocycles. The van der Waals surface area contributed by atoms with Crippen molar-refractivity contribution in [3.05, 3.63) is 75.6 Å². The van der Waals surface area contributed by atoms with E-state index in [-0.39, 0.29) is 30.3 Å². The average molecular weight is 491 g/mol. The van der Waals surface area contributed by atoms with E-state index < -0.39 is 22.7 Å². The van der Waals surface area contributed by atoms with Gasteiger partial charge in [-0.05, 0) is 44.0 Å². The molecule has 1 aliphatic rings. The smallest absolute Gasteiger partial charge is 0.326 e. The number of aromatic nitrogens is 2. The van der Waals surface area contributed by atoms with Gasteiger partial charge in [0.1, 0.15) is 0 Å². The van der Waals surface area contributed by atoms with Crippen LogP contribution in [0.15, 0.2) is 58.3 Å². The van der Waals surface area contributed by atoms with Gasteiger partial charge in [0.25, 0.3) is 5.69 Å². The van der Waals surface area contributed by atoms with Crippen LogP contribution in [0.4, 0.5) is 24.5 Å². The van der Waals surface area contributed by atoms with Crippen LogP contribution >= 0.6 is 11.8 Å². The van der Waals surface area contributed by atoms with E-state index >= 15 is 0 Å². The molecule has 3 aromatic rings. The third-order valence-corrected chi connectivity index (χ3v) is 6.27. The molecule has 1 amide bonds. The predicted molar refractivity (Wildman–Crippen MR) is 121 cm³/mol. The SMILES string of the molecule is Cc1ccc(Sc2cc(NC(=O)CCn3nc(C(F)(F)F)cc3C3CC3)cc([N+](=O)[O-])c2)cc1. The third kappa shape index (κ3) is 5.96. The van der Waals surface area contributed by atoms with E-state index in [0.29, 0.717) is 10.6 Å². The molecule has 0 atom stereocenters. The van der Waals surface area contributed by atoms with Crippen molar-refractivity contribution in [2.24, 2.45) is 0 Å². The Kier molecular flexibility index (Phi) is 6.65. The molecule has 7 nitrogen and oxygen atoms in total. The number of alkyl halides is 3. The van der Waals surface area contributed by atoms with Crippen LogP contribution in [0, 0.1) is 17.0 Å². The highest BCUT2D eigenvalue weighted by molar-refractivity contribution is 7.99. The van der Waals surface area contributed by atoms with Crippen molar-refractivity contribution in [1.82, 2.24) is 9.78 Å². The fourth-order valence-electron chi connectivity index (χ4n) is 3.45. The van der Waals surface area contributed by atoms with Crippen molar-refractivity contribution in [1.29, 1.82) is 0 Å². The zero-order chi connectivity index (χ0) is 24.5. The lowest BCUT2D eigenvalue weighted by Gasteiger charge is -2.10. The van der Waals surface area contributed by atoms with Gasteiger partial charge in [-0.2, -0.15) is 18.3 Å². The van der Waals surface area contributed by atoms with Crippen molar-refractivity contribution in [3.63, 3.8) is 0 Å². The number of aryl methyl sites for hydroxylation is 2. The average Bonchev–Trinajstić information content (AvgIpc) is 3.51. The number of anilines is 1. The summed E-state index contributed by atoms with van der Waals surface area (Å²) in [7, 11) is 0. The fourth-order valence-corrected chi connectivity index (χ4v) is 4.36. The molecule has 1 saturated carbocycles. The molecule has 0 saturated heterocycles. The Labute approximate surface area is 197 Å². The molecule has 2 aromatic carbocycles. The highest BCUT2D eigenvalue weighted by Crippen LogP contribution is 2.42. The minimum absolute atomic E-state index is 0.0202. The Hall–Kier alpha value is -3.34. The second-order valence-electron chi connectivity index (χ2n) is 8.14. The van der Waals surface area contributed by atoms with Gasteiger partial charge in [-0.15, -0.1) is 0 Å². The molecule has 178 valence electrons. The first-order valence-electron chi connectivity index (χ1n) is 10.6. The standard InChI is InChI=1S/C23H21F3N4O3S/c1-14-2-6-18(7-3-14)34-19-11-16(10-17(12-19)30(32)33)27-22(31)8-9-29-20(15-4-5-15)13-21(28-29)23(24,25)26/h2-3,6-7,10-13,15H,4-5,8-9H2,1H3,(H,27,31). The first-order chi connectivity index (χ1) is 16.1. The lowest BCUT2D eigenvalue weighted by Crippen LogP contribution is -2.16. The third-order valence-electron chi connectivity index (χ3n) is 5.29. The molecule has 1 aromatic heterocycles. The number of nitro groups is 1. The van der Waals surface area contributed by atoms with E-state index in [1.54, 1.807) is 6.07 Å². The van der Waals surface area contributed by atoms with Crippen molar-refractivity contribution >= 4 is 29.0 Å². The predicted octanol–water partition coefficient (Wildman–Crippen LogP) is 6.18. The van der Waals surface area contributed by atoms with Gasteiger partial charge in [0, 0.05) is 52.2 Å². The number of rotatable bonds is 8. The molecule has 0 radical (unpaired) electrons. The van der Waals surface area contributed by atoms with Gasteiger partial charge in [-0.1, -0.05) is 29.5 Å². The molecule has 0 spiro atoms. The highest BCUT2D eigenvalue weighted by atomic mass is 32.2. The first-order valence-corrected chi connectivity index (χ1v) is 11.4. The number of amides is 1. The lowest BCUT2D eigenvalue weighted by molar-refractivity contribution is -0.385. The molecule has 4 rings (SSSR count). The number of hydrogen-bond acceptors (Lipinski definition) is 5. The van der Waals surface area contributed by atoms with Crippen molar-refractivity contribution in [2.45, 2.75) is 54.6 Å². The minimum Gasteiger partial charge on any atom is -0.326 e. The van der Waals surface area contributed by atoms with Crippen LogP contribution in [-0.4, -0.2) is 20.6 Å². The summed E-state index contributed by atoms with van der Waals surface area (Å²) in [6.07, 6.45) is -3.08. The van der Waals surface area contributed by atoms with Crippen LogP contribution in [0.5, 0.6) is 0 Å². The lowest BCUT2D eigenvalue weighted by atomic mass is 10.2. The van der Waals surface area contributed by atoms with Crippen LogP contribution in [0.2, 0.25) is 0 Å². The second-order valence-corrected chi connectivity index (χ2v) is 9.28. The summed E-state index contributed by atoms with van der Waals surface area (Å²) in [6.45, 7) is 1.93. The summed E-state index contributed by atoms with van der Waals surface area (Å²) in [4.78, 5) is 24.8. The van der Waals surface area contributed by atoms with Gasteiger partial charge < -0.3 is 5.32 Å². The number of hydrogen-bond donors (Lipinski definition) is 1. The van der Waals surface area contributed by atoms with Crippen molar-refractivity contribution in [3.8, 4) is 0 Å². The summed E-state index contributed by atoms with van der Waals surface area (Å²) in [6, 6.07) is 13.0. The Bertz CT molecular complexity index is 1220. The van der Waals surface area contributed by atoms with E-state index in [4.69, 9.17) is 0 Å². The van der Waals surface area contributed by atoms with E-state index in [1.807, 2.05) is 31.2 Å². The van der Waals surface area contributed by atoms with E-state index in [9.17, 15) is 28.1 Å². The van der Waals surface area contributed by atoms with Gasteiger partial charge in [0.05, 0.1) is 4.92 Å². The van der Waals surface area contributed by atoms with Crippen LogP contribution < -0.4 is 5.32 Å². The minimum atomic E-state index is -4.55. The van der Waals surface area contributed by atoms with Crippen LogP contribution in [0.25, 0.3) is 0 Å². The number of carbonyl (C=O) groups excluding carboxylic acids is 1. The molecular weight excluding hydrogens is 469 g/mol. The van der Waals surface area contributed by atoms with Gasteiger partial charge in [0.2, 0.25) is 5.91 Å². The number of halogens is 3. The number of nitro benzene ring substituents is 1. The molecule has 1 fully saturated rings. The molecule has 11 heteroatoms. The molecule has 0 unspecified atom stereocenters. The van der Waals surface area contributed by atoms with E-state index in [0.717, 1.165) is 29.4 Å². The largest absolute Gasteiger partial charge is 0.435 e. The maximum atomic E-state index is 13.1. The Morgan fingerprint density at radius 3 is 2.50 bits per heavy atom. The van der Waals surface area contributed by atoms with Crippen LogP contribution in [0.3, 0.4) is 0 Å². The number of nitrogens with one attached hydrogen (secondary N) is 1. The van der Waals surface area contributed by atoms with Crippen molar-refractivity contribution in [2.75, 3.05) is 5.32 Å². The molecular formula is C23H21F3N4O3S. The van der Waals surface area contributed by atoms with E-state index in [1.165, 1.54) is 28.6 Å². The summed E-state index contributed by atoms with van der Waals surface area (Å²) in [5.74, 6) is -0.442. The number of carbonyl (C=O) groups is 1. The number of non-ortho nitro benzene ring substituents is 1. The first kappa shape index (κ1) is 23.8. The van der Waals surface area contributed by atoms with E-state index in [2.05, 4.69) is 10.4 Å². The second kappa shape index (κ2) is 9.49.